The first-order valence-corrected chi connectivity index (χ1v) is 14.2. The number of nitrogens with one attached hydrogen (secondary N) is 1. The summed E-state index contributed by atoms with van der Waals surface area (Å²) < 4.78 is 13.7. The fourth-order valence-corrected chi connectivity index (χ4v) is 7.84. The van der Waals surface area contributed by atoms with Crippen molar-refractivity contribution in [2.45, 2.75) is 24.2 Å². The number of phenols is 1. The Balaban J connectivity index is 1.47. The fraction of sp³-hybridized carbons (Fsp3) is 0.250. The molecule has 11 heteroatoms. The number of rotatable bonds is 4. The quantitative estimate of drug-likeness (QED) is 0.227. The van der Waals surface area contributed by atoms with Gasteiger partial charge in [-0.2, -0.15) is 10.1 Å². The van der Waals surface area contributed by atoms with Crippen molar-refractivity contribution >= 4 is 40.9 Å². The van der Waals surface area contributed by atoms with E-state index in [1.807, 2.05) is 6.08 Å². The summed E-state index contributed by atoms with van der Waals surface area (Å²) in [6, 6.07) is 18.3. The first-order chi connectivity index (χ1) is 20.6. The molecule has 4 aliphatic rings. The molecule has 43 heavy (non-hydrogen) atoms. The van der Waals surface area contributed by atoms with Crippen LogP contribution in [0, 0.1) is 29.5 Å². The molecule has 0 radical (unpaired) electrons. The van der Waals surface area contributed by atoms with Gasteiger partial charge in [0.2, 0.25) is 0 Å². The lowest BCUT2D eigenvalue weighted by molar-refractivity contribution is -0.173. The number of hydroxylamine groups is 2. The van der Waals surface area contributed by atoms with Crippen molar-refractivity contribution in [3.63, 3.8) is 0 Å². The Kier molecular flexibility index (Phi) is 6.19. The molecule has 3 aromatic rings. The van der Waals surface area contributed by atoms with Gasteiger partial charge in [-0.25, -0.2) is 4.39 Å². The predicted octanol–water partition coefficient (Wildman–Crippen LogP) is 4.56. The van der Waals surface area contributed by atoms with E-state index in [0.29, 0.717) is 27.4 Å². The largest absolute Gasteiger partial charge is 0.508 e. The number of hydrazine groups is 1. The first kappa shape index (κ1) is 27.3. The highest BCUT2D eigenvalue weighted by Gasteiger charge is 2.70. The summed E-state index contributed by atoms with van der Waals surface area (Å²) in [5.41, 5.74) is 3.37. The average Bonchev–Trinajstić information content (AvgIpc) is 3.35. The highest BCUT2D eigenvalue weighted by molar-refractivity contribution is 6.30. The Morgan fingerprint density at radius 2 is 1.63 bits per heavy atom. The number of allylic oxidation sites excluding steroid dienone is 2. The monoisotopic (exact) mass is 601 g/mol. The molecular formula is C32H25ClFN3O6. The van der Waals surface area contributed by atoms with Crippen LogP contribution in [0.2, 0.25) is 5.02 Å². The van der Waals surface area contributed by atoms with Gasteiger partial charge in [0.05, 0.1) is 28.9 Å². The van der Waals surface area contributed by atoms with Gasteiger partial charge in [0, 0.05) is 10.9 Å². The third-order valence-electron chi connectivity index (χ3n) is 9.44. The molecule has 2 heterocycles. The van der Waals surface area contributed by atoms with Crippen LogP contribution in [0.25, 0.3) is 0 Å². The summed E-state index contributed by atoms with van der Waals surface area (Å²) in [4.78, 5) is 55.2. The van der Waals surface area contributed by atoms with Gasteiger partial charge in [-0.3, -0.25) is 29.8 Å². The van der Waals surface area contributed by atoms with Gasteiger partial charge in [0.15, 0.2) is 0 Å². The smallest absolute Gasteiger partial charge is 0.260 e. The second-order valence-electron chi connectivity index (χ2n) is 11.5. The van der Waals surface area contributed by atoms with Crippen LogP contribution in [-0.4, -0.2) is 44.0 Å². The number of imide groups is 2. The number of anilines is 1. The Hall–Kier alpha value is -4.54. The van der Waals surface area contributed by atoms with E-state index in [2.05, 4.69) is 5.43 Å². The van der Waals surface area contributed by atoms with Crippen LogP contribution in [0.15, 0.2) is 84.4 Å². The van der Waals surface area contributed by atoms with Crippen LogP contribution in [0.4, 0.5) is 10.1 Å². The van der Waals surface area contributed by atoms with E-state index in [4.69, 9.17) is 11.6 Å². The number of benzene rings is 3. The fourth-order valence-electron chi connectivity index (χ4n) is 7.72. The second-order valence-corrected chi connectivity index (χ2v) is 11.9. The van der Waals surface area contributed by atoms with E-state index >= 15 is 0 Å². The predicted molar refractivity (Wildman–Crippen MR) is 151 cm³/mol. The Bertz CT molecular complexity index is 1730. The standard InChI is InChI=1S/C32H25ClFN3O6/c33-18-6-4-17(5-7-18)32-25(29(40)36(31(32)42)35-20-10-8-19(34)9-11-20)15-24-22(27(32)16-2-1-3-21(38)14-16)12-13-23-26(24)30(41)37(43)28(23)39/h1-12,14,23-27,35,38,43H,13,15H2/t23-,24+,25-,26-,27-,32+/m0/s1. The van der Waals surface area contributed by atoms with E-state index < -0.39 is 64.5 Å². The zero-order valence-electron chi connectivity index (χ0n) is 22.5. The summed E-state index contributed by atoms with van der Waals surface area (Å²) in [6.07, 6.45) is 2.05. The molecule has 6 atom stereocenters. The maximum absolute atomic E-state index is 14.8. The molecule has 2 aliphatic heterocycles. The molecular weight excluding hydrogens is 577 g/mol. The normalized spacial score (nSPS) is 29.7. The average molecular weight is 602 g/mol. The van der Waals surface area contributed by atoms with E-state index in [-0.39, 0.29) is 23.7 Å². The van der Waals surface area contributed by atoms with Crippen LogP contribution < -0.4 is 5.43 Å². The van der Waals surface area contributed by atoms with Crippen LogP contribution in [0.5, 0.6) is 5.75 Å². The van der Waals surface area contributed by atoms with Gasteiger partial charge in [-0.1, -0.05) is 47.5 Å². The summed E-state index contributed by atoms with van der Waals surface area (Å²) in [5, 5.41) is 22.3. The zero-order valence-corrected chi connectivity index (χ0v) is 23.2. The van der Waals surface area contributed by atoms with Gasteiger partial charge in [0.25, 0.3) is 23.6 Å². The van der Waals surface area contributed by atoms with Crippen LogP contribution in [-0.2, 0) is 24.6 Å². The minimum Gasteiger partial charge on any atom is -0.508 e. The van der Waals surface area contributed by atoms with Gasteiger partial charge in [-0.05, 0) is 78.4 Å². The topological polar surface area (TPSA) is 127 Å². The summed E-state index contributed by atoms with van der Waals surface area (Å²) in [6.45, 7) is 0. The molecule has 7 rings (SSSR count). The van der Waals surface area contributed by atoms with Crippen LogP contribution in [0.3, 0.4) is 0 Å². The SMILES string of the molecule is O=C1[C@H]2[C@H](CC=C3[C@H]2C[C@H]2C(=O)N(Nc4ccc(F)cc4)C(=O)[C@@]2(c2ccc(Cl)cc2)[C@H]3c2cccc(O)c2)C(=O)N1O. The van der Waals surface area contributed by atoms with Crippen molar-refractivity contribution in [1.29, 1.82) is 0 Å². The molecule has 0 aromatic heterocycles. The number of aromatic hydroxyl groups is 1. The Labute approximate surface area is 250 Å². The number of phenolic OH excluding ortho intramolecular Hbond substituents is 1. The number of hydrogen-bond donors (Lipinski definition) is 3. The molecule has 2 aliphatic carbocycles. The number of carbonyl (C=O) groups excluding carboxylic acids is 4. The molecule has 3 fully saturated rings. The molecule has 0 bridgehead atoms. The van der Waals surface area contributed by atoms with Gasteiger partial charge >= 0.3 is 0 Å². The second kappa shape index (κ2) is 9.75. The van der Waals surface area contributed by atoms with Crippen LogP contribution in [0.1, 0.15) is 29.9 Å². The lowest BCUT2D eigenvalue weighted by Gasteiger charge is -2.50. The molecule has 0 unspecified atom stereocenters. The maximum atomic E-state index is 14.8. The van der Waals surface area contributed by atoms with Crippen molar-refractivity contribution < 1.29 is 33.9 Å². The van der Waals surface area contributed by atoms with Gasteiger partial charge in [-0.15, -0.1) is 0 Å². The van der Waals surface area contributed by atoms with Crippen molar-refractivity contribution in [2.24, 2.45) is 23.7 Å². The number of amides is 4. The molecule has 3 N–H and O–H groups in total. The molecule has 2 saturated heterocycles. The Morgan fingerprint density at radius 1 is 0.907 bits per heavy atom. The number of nitrogens with zero attached hydrogens (tertiary/aromatic N) is 2. The summed E-state index contributed by atoms with van der Waals surface area (Å²) in [7, 11) is 0. The summed E-state index contributed by atoms with van der Waals surface area (Å²) in [5.74, 6) is -7.30. The van der Waals surface area contributed by atoms with E-state index in [9.17, 15) is 33.9 Å². The Morgan fingerprint density at radius 3 is 2.33 bits per heavy atom. The van der Waals surface area contributed by atoms with Crippen molar-refractivity contribution in [3.05, 3.63) is 106 Å². The minimum atomic E-state index is -1.54. The number of hydrogen-bond acceptors (Lipinski definition) is 7. The molecule has 9 nitrogen and oxygen atoms in total. The first-order valence-electron chi connectivity index (χ1n) is 13.8. The highest BCUT2D eigenvalue weighted by atomic mass is 35.5. The van der Waals surface area contributed by atoms with E-state index in [0.717, 1.165) is 5.01 Å². The minimum absolute atomic E-state index is 0.0456. The third kappa shape index (κ3) is 3.86. The van der Waals surface area contributed by atoms with Crippen molar-refractivity contribution in [2.75, 3.05) is 5.43 Å². The van der Waals surface area contributed by atoms with E-state index in [1.54, 1.807) is 36.4 Å². The van der Waals surface area contributed by atoms with E-state index in [1.165, 1.54) is 36.4 Å². The molecule has 3 aromatic carbocycles. The number of carbonyl (C=O) groups is 4. The number of fused-ring (bicyclic) bond motifs is 4. The molecule has 1 saturated carbocycles. The third-order valence-corrected chi connectivity index (χ3v) is 9.69. The maximum Gasteiger partial charge on any atom is 0.260 e. The van der Waals surface area contributed by atoms with Gasteiger partial charge < -0.3 is 5.11 Å². The highest BCUT2D eigenvalue weighted by Crippen LogP contribution is 2.64. The molecule has 0 spiro atoms. The van der Waals surface area contributed by atoms with Crippen LogP contribution >= 0.6 is 11.6 Å². The molecule has 218 valence electrons. The summed E-state index contributed by atoms with van der Waals surface area (Å²) >= 11 is 6.25. The van der Waals surface area contributed by atoms with Crippen molar-refractivity contribution in [3.8, 4) is 5.75 Å². The van der Waals surface area contributed by atoms with Crippen molar-refractivity contribution in [1.82, 2.24) is 10.1 Å². The van der Waals surface area contributed by atoms with Gasteiger partial charge in [0.1, 0.15) is 11.6 Å². The number of halogens is 2. The lowest BCUT2D eigenvalue weighted by Crippen LogP contribution is -2.53. The molecule has 4 amide bonds. The zero-order chi connectivity index (χ0) is 30.2. The lowest BCUT2D eigenvalue weighted by atomic mass is 9.49.